The van der Waals surface area contributed by atoms with Crippen LogP contribution in [0.5, 0.6) is 0 Å². The lowest BCUT2D eigenvalue weighted by Crippen LogP contribution is -2.33. The standard InChI is InChI=1S/C11H14FN5O/c1-18-6-11(12)2-3-17(5-11)10-8-4-15-16-9(8)13-7-14-10/h4,7H,2-3,5-6H2,1H3,(H,13,14,15,16). The van der Waals surface area contributed by atoms with E-state index >= 15 is 0 Å². The van der Waals surface area contributed by atoms with Crippen LogP contribution in [0.4, 0.5) is 10.2 Å². The number of nitrogens with zero attached hydrogens (tertiary/aromatic N) is 4. The number of hydrogen-bond acceptors (Lipinski definition) is 5. The van der Waals surface area contributed by atoms with Crippen LogP contribution in [-0.2, 0) is 4.74 Å². The zero-order chi connectivity index (χ0) is 12.6. The molecule has 1 aliphatic rings. The van der Waals surface area contributed by atoms with Gasteiger partial charge in [0, 0.05) is 20.1 Å². The maximum Gasteiger partial charge on any atom is 0.160 e. The molecule has 1 saturated heterocycles. The molecule has 0 aromatic carbocycles. The number of aromatic amines is 1. The molecule has 0 aliphatic carbocycles. The summed E-state index contributed by atoms with van der Waals surface area (Å²) in [6, 6.07) is 0. The van der Waals surface area contributed by atoms with Gasteiger partial charge in [0.2, 0.25) is 0 Å². The monoisotopic (exact) mass is 251 g/mol. The van der Waals surface area contributed by atoms with Crippen LogP contribution in [0, 0.1) is 0 Å². The number of halogens is 1. The van der Waals surface area contributed by atoms with E-state index in [2.05, 4.69) is 20.2 Å². The first-order valence-electron chi connectivity index (χ1n) is 5.79. The summed E-state index contributed by atoms with van der Waals surface area (Å²) in [7, 11) is 1.52. The van der Waals surface area contributed by atoms with Crippen molar-refractivity contribution in [2.45, 2.75) is 12.1 Å². The van der Waals surface area contributed by atoms with E-state index < -0.39 is 5.67 Å². The van der Waals surface area contributed by atoms with Crippen LogP contribution in [0.15, 0.2) is 12.5 Å². The zero-order valence-electron chi connectivity index (χ0n) is 10.1. The van der Waals surface area contributed by atoms with Crippen molar-refractivity contribution in [1.82, 2.24) is 20.2 Å². The van der Waals surface area contributed by atoms with Gasteiger partial charge in [-0.15, -0.1) is 0 Å². The third-order valence-electron chi connectivity index (χ3n) is 3.23. The van der Waals surface area contributed by atoms with Crippen molar-refractivity contribution in [2.24, 2.45) is 0 Å². The molecular formula is C11H14FN5O. The normalized spacial score (nSPS) is 24.0. The number of H-pyrrole nitrogens is 1. The number of aromatic nitrogens is 4. The number of methoxy groups -OCH3 is 1. The highest BCUT2D eigenvalue weighted by Crippen LogP contribution is 2.31. The minimum atomic E-state index is -1.30. The first-order valence-corrected chi connectivity index (χ1v) is 5.79. The molecule has 0 saturated carbocycles. The number of nitrogens with one attached hydrogen (secondary N) is 1. The second kappa shape index (κ2) is 4.16. The highest BCUT2D eigenvalue weighted by atomic mass is 19.1. The molecule has 2 aromatic rings. The Morgan fingerprint density at radius 3 is 3.28 bits per heavy atom. The predicted molar refractivity (Wildman–Crippen MR) is 64.2 cm³/mol. The van der Waals surface area contributed by atoms with Crippen LogP contribution in [0.25, 0.3) is 11.0 Å². The Bertz CT molecular complexity index is 559. The van der Waals surface area contributed by atoms with Crippen LogP contribution >= 0.6 is 0 Å². The van der Waals surface area contributed by atoms with Crippen molar-refractivity contribution in [3.05, 3.63) is 12.5 Å². The van der Waals surface area contributed by atoms with Crippen molar-refractivity contribution < 1.29 is 9.13 Å². The lowest BCUT2D eigenvalue weighted by molar-refractivity contribution is 0.0571. The molecule has 18 heavy (non-hydrogen) atoms. The Labute approximate surface area is 103 Å². The molecule has 1 aliphatic heterocycles. The molecule has 6 nitrogen and oxygen atoms in total. The van der Waals surface area contributed by atoms with Gasteiger partial charge in [-0.3, -0.25) is 5.10 Å². The van der Waals surface area contributed by atoms with Gasteiger partial charge in [0.05, 0.1) is 24.7 Å². The van der Waals surface area contributed by atoms with Gasteiger partial charge < -0.3 is 9.64 Å². The summed E-state index contributed by atoms with van der Waals surface area (Å²) in [5, 5.41) is 7.54. The van der Waals surface area contributed by atoms with Gasteiger partial charge in [0.25, 0.3) is 0 Å². The fraction of sp³-hybridized carbons (Fsp3) is 0.545. The Hall–Kier alpha value is -1.76. The molecule has 0 radical (unpaired) electrons. The summed E-state index contributed by atoms with van der Waals surface area (Å²) >= 11 is 0. The summed E-state index contributed by atoms with van der Waals surface area (Å²) in [5.74, 6) is 0.726. The molecule has 0 spiro atoms. The van der Waals surface area contributed by atoms with E-state index in [0.717, 1.165) is 11.2 Å². The van der Waals surface area contributed by atoms with E-state index in [0.29, 0.717) is 18.6 Å². The lowest BCUT2D eigenvalue weighted by atomic mass is 10.1. The van der Waals surface area contributed by atoms with Crippen LogP contribution in [0.1, 0.15) is 6.42 Å². The maximum absolute atomic E-state index is 14.3. The van der Waals surface area contributed by atoms with Gasteiger partial charge in [0.15, 0.2) is 11.3 Å². The minimum Gasteiger partial charge on any atom is -0.381 e. The Morgan fingerprint density at radius 2 is 2.44 bits per heavy atom. The van der Waals surface area contributed by atoms with E-state index in [4.69, 9.17) is 4.74 Å². The van der Waals surface area contributed by atoms with Crippen LogP contribution in [0.2, 0.25) is 0 Å². The second-order valence-corrected chi connectivity index (χ2v) is 4.59. The van der Waals surface area contributed by atoms with Crippen molar-refractivity contribution in [1.29, 1.82) is 0 Å². The molecule has 3 rings (SSSR count). The smallest absolute Gasteiger partial charge is 0.160 e. The molecule has 1 unspecified atom stereocenters. The highest BCUT2D eigenvalue weighted by Gasteiger charge is 2.39. The van der Waals surface area contributed by atoms with E-state index in [9.17, 15) is 4.39 Å². The molecule has 0 amide bonds. The van der Waals surface area contributed by atoms with E-state index in [1.54, 1.807) is 6.20 Å². The molecular weight excluding hydrogens is 237 g/mol. The predicted octanol–water partition coefficient (Wildman–Crippen LogP) is 0.918. The van der Waals surface area contributed by atoms with Crippen molar-refractivity contribution >= 4 is 16.9 Å². The number of alkyl halides is 1. The van der Waals surface area contributed by atoms with Gasteiger partial charge in [-0.2, -0.15) is 5.10 Å². The number of ether oxygens (including phenoxy) is 1. The van der Waals surface area contributed by atoms with Gasteiger partial charge in [0.1, 0.15) is 12.1 Å². The summed E-state index contributed by atoms with van der Waals surface area (Å²) in [6.45, 7) is 1.03. The third kappa shape index (κ3) is 1.80. The molecule has 1 fully saturated rings. The average Bonchev–Trinajstić information content (AvgIpc) is 2.95. The minimum absolute atomic E-state index is 0.114. The summed E-state index contributed by atoms with van der Waals surface area (Å²) in [4.78, 5) is 10.2. The number of anilines is 1. The number of rotatable bonds is 3. The fourth-order valence-electron chi connectivity index (χ4n) is 2.40. The molecule has 0 bridgehead atoms. The largest absolute Gasteiger partial charge is 0.381 e. The van der Waals surface area contributed by atoms with Crippen LogP contribution < -0.4 is 4.90 Å². The fourth-order valence-corrected chi connectivity index (χ4v) is 2.40. The Morgan fingerprint density at radius 1 is 1.56 bits per heavy atom. The van der Waals surface area contributed by atoms with Crippen LogP contribution in [-0.4, -0.2) is 52.6 Å². The molecule has 2 aromatic heterocycles. The van der Waals surface area contributed by atoms with E-state index in [1.807, 2.05) is 4.90 Å². The SMILES string of the molecule is COCC1(F)CCN(c2ncnc3[nH]ncc23)C1. The second-order valence-electron chi connectivity index (χ2n) is 4.59. The summed E-state index contributed by atoms with van der Waals surface area (Å²) in [6.07, 6.45) is 3.58. The van der Waals surface area contributed by atoms with Crippen molar-refractivity contribution in [2.75, 3.05) is 31.7 Å². The quantitative estimate of drug-likeness (QED) is 0.878. The topological polar surface area (TPSA) is 66.9 Å². The number of fused-ring (bicyclic) bond motifs is 1. The van der Waals surface area contributed by atoms with Crippen molar-refractivity contribution in [3.8, 4) is 0 Å². The summed E-state index contributed by atoms with van der Waals surface area (Å²) < 4.78 is 19.3. The molecule has 1 N–H and O–H groups in total. The Kier molecular flexibility index (Phi) is 2.62. The highest BCUT2D eigenvalue weighted by molar-refractivity contribution is 5.86. The third-order valence-corrected chi connectivity index (χ3v) is 3.23. The van der Waals surface area contributed by atoms with Crippen LogP contribution in [0.3, 0.4) is 0 Å². The average molecular weight is 251 g/mol. The van der Waals surface area contributed by atoms with E-state index in [1.165, 1.54) is 13.4 Å². The molecule has 1 atom stereocenters. The zero-order valence-corrected chi connectivity index (χ0v) is 10.1. The first-order chi connectivity index (χ1) is 8.72. The Balaban J connectivity index is 1.90. The summed E-state index contributed by atoms with van der Waals surface area (Å²) in [5.41, 5.74) is -0.626. The molecule has 96 valence electrons. The molecule has 3 heterocycles. The molecule has 7 heteroatoms. The van der Waals surface area contributed by atoms with Gasteiger partial charge >= 0.3 is 0 Å². The number of hydrogen-bond donors (Lipinski definition) is 1. The first kappa shape index (κ1) is 11.3. The van der Waals surface area contributed by atoms with Crippen molar-refractivity contribution in [3.63, 3.8) is 0 Å². The van der Waals surface area contributed by atoms with Gasteiger partial charge in [-0.25, -0.2) is 14.4 Å². The van der Waals surface area contributed by atoms with Gasteiger partial charge in [-0.1, -0.05) is 0 Å². The lowest BCUT2D eigenvalue weighted by Gasteiger charge is -2.20. The van der Waals surface area contributed by atoms with E-state index in [-0.39, 0.29) is 13.2 Å². The maximum atomic E-state index is 14.3. The van der Waals surface area contributed by atoms with Gasteiger partial charge in [-0.05, 0) is 0 Å².